The second-order valence-corrected chi connectivity index (χ2v) is 9.78. The molecule has 0 saturated carbocycles. The number of likely N-dealkylation sites (N-methyl/N-ethyl adjacent to an activating group) is 1. The van der Waals surface area contributed by atoms with E-state index in [1.807, 2.05) is 0 Å². The van der Waals surface area contributed by atoms with Crippen molar-refractivity contribution in [2.45, 2.75) is 27.7 Å². The summed E-state index contributed by atoms with van der Waals surface area (Å²) in [5.41, 5.74) is 2.98. The summed E-state index contributed by atoms with van der Waals surface area (Å²) in [6, 6.07) is 9.50. The van der Waals surface area contributed by atoms with Gasteiger partial charge in [0.25, 0.3) is 17.7 Å². The first-order valence-electron chi connectivity index (χ1n) is 13.7. The molecule has 220 valence electrons. The van der Waals surface area contributed by atoms with Gasteiger partial charge in [-0.05, 0) is 81.0 Å². The van der Waals surface area contributed by atoms with Crippen molar-refractivity contribution in [3.63, 3.8) is 0 Å². The van der Waals surface area contributed by atoms with Gasteiger partial charge in [-0.15, -0.1) is 0 Å². The fourth-order valence-electron chi connectivity index (χ4n) is 4.91. The lowest BCUT2D eigenvalue weighted by Crippen LogP contribution is -2.35. The number of aromatic nitrogens is 1. The van der Waals surface area contributed by atoms with Gasteiger partial charge in [-0.2, -0.15) is 0 Å². The highest BCUT2D eigenvalue weighted by Crippen LogP contribution is 2.39. The van der Waals surface area contributed by atoms with Crippen LogP contribution in [-0.4, -0.2) is 66.9 Å². The number of fused-ring (bicyclic) bond motifs is 1. The number of halogens is 1. The van der Waals surface area contributed by atoms with Gasteiger partial charge < -0.3 is 25.3 Å². The molecule has 1 aromatic heterocycles. The van der Waals surface area contributed by atoms with Gasteiger partial charge >= 0.3 is 6.09 Å². The van der Waals surface area contributed by atoms with E-state index < -0.39 is 17.8 Å². The van der Waals surface area contributed by atoms with E-state index in [1.165, 1.54) is 49.5 Å². The molecule has 4 amide bonds. The summed E-state index contributed by atoms with van der Waals surface area (Å²) in [7, 11) is 1.50. The molecule has 2 aromatic carbocycles. The van der Waals surface area contributed by atoms with Crippen molar-refractivity contribution < 1.29 is 28.3 Å². The van der Waals surface area contributed by atoms with E-state index in [0.717, 1.165) is 30.6 Å². The number of aromatic amines is 1. The van der Waals surface area contributed by atoms with Crippen molar-refractivity contribution >= 4 is 41.2 Å². The topological polar surface area (TPSA) is 124 Å². The Bertz CT molecular complexity index is 1560. The summed E-state index contributed by atoms with van der Waals surface area (Å²) >= 11 is 0. The van der Waals surface area contributed by atoms with Gasteiger partial charge in [0.1, 0.15) is 11.6 Å². The van der Waals surface area contributed by atoms with Gasteiger partial charge in [0.05, 0.1) is 16.8 Å². The van der Waals surface area contributed by atoms with Crippen LogP contribution < -0.4 is 20.3 Å². The van der Waals surface area contributed by atoms with Crippen LogP contribution in [0, 0.1) is 19.7 Å². The number of benzene rings is 2. The monoisotopic (exact) mass is 575 g/mol. The van der Waals surface area contributed by atoms with E-state index >= 15 is 0 Å². The minimum Gasteiger partial charge on any atom is -0.410 e. The number of nitrogens with zero attached hydrogens (tertiary/aromatic N) is 2. The van der Waals surface area contributed by atoms with Crippen molar-refractivity contribution in [1.82, 2.24) is 20.5 Å². The third kappa shape index (κ3) is 6.10. The maximum atomic E-state index is 14.3. The Kier molecular flexibility index (Phi) is 9.21. The number of amides is 4. The molecule has 2 heterocycles. The maximum absolute atomic E-state index is 14.3. The molecule has 3 aromatic rings. The summed E-state index contributed by atoms with van der Waals surface area (Å²) < 4.78 is 19.7. The number of carbonyl (C=O) groups excluding carboxylic acids is 4. The number of hydrogen-bond donors (Lipinski definition) is 3. The van der Waals surface area contributed by atoms with Gasteiger partial charge in [-0.25, -0.2) is 14.1 Å². The zero-order valence-electron chi connectivity index (χ0n) is 24.3. The van der Waals surface area contributed by atoms with Crippen LogP contribution in [-0.2, 0) is 4.79 Å². The Morgan fingerprint density at radius 2 is 1.74 bits per heavy atom. The third-order valence-corrected chi connectivity index (χ3v) is 7.25. The molecular weight excluding hydrogens is 541 g/mol. The van der Waals surface area contributed by atoms with Crippen LogP contribution in [0.4, 0.5) is 14.9 Å². The van der Waals surface area contributed by atoms with Gasteiger partial charge in [0, 0.05) is 42.7 Å². The minimum atomic E-state index is -0.989. The minimum absolute atomic E-state index is 0.0641. The summed E-state index contributed by atoms with van der Waals surface area (Å²) in [6.07, 6.45) is 0.526. The zero-order chi connectivity index (χ0) is 30.6. The Balaban J connectivity index is 1.60. The lowest BCUT2D eigenvalue weighted by atomic mass is 10.0. The van der Waals surface area contributed by atoms with Crippen LogP contribution in [0.1, 0.15) is 57.1 Å². The smallest absolute Gasteiger partial charge is 0.410 e. The zero-order valence-corrected chi connectivity index (χ0v) is 24.3. The quantitative estimate of drug-likeness (QED) is 0.327. The summed E-state index contributed by atoms with van der Waals surface area (Å²) in [5.74, 6) is -1.72. The van der Waals surface area contributed by atoms with Crippen molar-refractivity contribution in [2.24, 2.45) is 0 Å². The lowest BCUT2D eigenvalue weighted by Gasteiger charge is -2.18. The Labute approximate surface area is 243 Å². The SMILES string of the molecule is CCN(CC)CCNC(=O)c1c(C)[nH]c(/C=C2\C(=O)N(C(=O)Oc3ccc(C(=O)NC)cc3)c3ccc(F)cc32)c1C. The number of anilines is 1. The molecule has 0 aliphatic carbocycles. The molecule has 11 heteroatoms. The molecule has 0 bridgehead atoms. The second kappa shape index (κ2) is 12.8. The van der Waals surface area contributed by atoms with Crippen LogP contribution >= 0.6 is 0 Å². The van der Waals surface area contributed by atoms with Crippen LogP contribution in [0.5, 0.6) is 5.75 Å². The number of rotatable bonds is 9. The number of carbonyl (C=O) groups is 4. The number of imide groups is 1. The molecule has 0 fully saturated rings. The predicted molar refractivity (Wildman–Crippen MR) is 158 cm³/mol. The number of ether oxygens (including phenoxy) is 1. The third-order valence-electron chi connectivity index (χ3n) is 7.25. The molecule has 1 aliphatic rings. The first kappa shape index (κ1) is 30.2. The predicted octanol–water partition coefficient (Wildman–Crippen LogP) is 4.29. The number of nitrogens with one attached hydrogen (secondary N) is 3. The van der Waals surface area contributed by atoms with E-state index in [0.29, 0.717) is 34.6 Å². The van der Waals surface area contributed by atoms with Crippen molar-refractivity contribution in [2.75, 3.05) is 38.1 Å². The number of hydrogen-bond acceptors (Lipinski definition) is 6. The lowest BCUT2D eigenvalue weighted by molar-refractivity contribution is -0.112. The number of aryl methyl sites for hydroxylation is 1. The van der Waals surface area contributed by atoms with Crippen LogP contribution in [0.25, 0.3) is 11.6 Å². The highest BCUT2D eigenvalue weighted by molar-refractivity contribution is 6.41. The number of H-pyrrole nitrogens is 1. The normalized spacial score (nSPS) is 13.5. The van der Waals surface area contributed by atoms with E-state index in [-0.39, 0.29) is 34.4 Å². The van der Waals surface area contributed by atoms with Crippen LogP contribution in [0.2, 0.25) is 0 Å². The van der Waals surface area contributed by atoms with Gasteiger partial charge in [0.15, 0.2) is 0 Å². The highest BCUT2D eigenvalue weighted by Gasteiger charge is 2.38. The Morgan fingerprint density at radius 3 is 2.38 bits per heavy atom. The molecule has 4 rings (SSSR count). The van der Waals surface area contributed by atoms with Gasteiger partial charge in [-0.1, -0.05) is 13.8 Å². The first-order chi connectivity index (χ1) is 20.1. The first-order valence-corrected chi connectivity index (χ1v) is 13.7. The molecule has 1 aliphatic heterocycles. The highest BCUT2D eigenvalue weighted by atomic mass is 19.1. The molecule has 0 radical (unpaired) electrons. The largest absolute Gasteiger partial charge is 0.426 e. The van der Waals surface area contributed by atoms with E-state index in [2.05, 4.69) is 34.4 Å². The average Bonchev–Trinajstić information content (AvgIpc) is 3.41. The van der Waals surface area contributed by atoms with Gasteiger partial charge in [-0.3, -0.25) is 14.4 Å². The van der Waals surface area contributed by atoms with Crippen molar-refractivity contribution in [3.8, 4) is 5.75 Å². The summed E-state index contributed by atoms with van der Waals surface area (Å²) in [4.78, 5) is 57.7. The van der Waals surface area contributed by atoms with E-state index in [9.17, 15) is 23.6 Å². The summed E-state index contributed by atoms with van der Waals surface area (Å²) in [6.45, 7) is 10.6. The van der Waals surface area contributed by atoms with E-state index in [1.54, 1.807) is 13.8 Å². The molecule has 3 N–H and O–H groups in total. The van der Waals surface area contributed by atoms with Crippen molar-refractivity contribution in [3.05, 3.63) is 81.9 Å². The fraction of sp³-hybridized carbons (Fsp3) is 0.290. The molecule has 0 unspecified atom stereocenters. The Morgan fingerprint density at radius 1 is 1.05 bits per heavy atom. The van der Waals surface area contributed by atoms with Gasteiger partial charge in [0.2, 0.25) is 0 Å². The molecular formula is C31H34FN5O5. The maximum Gasteiger partial charge on any atom is 0.426 e. The van der Waals surface area contributed by atoms with Crippen LogP contribution in [0.15, 0.2) is 42.5 Å². The second-order valence-electron chi connectivity index (χ2n) is 9.78. The Hall–Kier alpha value is -4.77. The molecule has 0 spiro atoms. The molecule has 0 atom stereocenters. The summed E-state index contributed by atoms with van der Waals surface area (Å²) in [5, 5.41) is 5.45. The van der Waals surface area contributed by atoms with Crippen molar-refractivity contribution in [1.29, 1.82) is 0 Å². The average molecular weight is 576 g/mol. The molecule has 10 nitrogen and oxygen atoms in total. The molecule has 42 heavy (non-hydrogen) atoms. The fourth-order valence-corrected chi connectivity index (χ4v) is 4.91. The van der Waals surface area contributed by atoms with E-state index in [4.69, 9.17) is 4.74 Å². The van der Waals surface area contributed by atoms with Crippen LogP contribution in [0.3, 0.4) is 0 Å². The standard InChI is InChI=1S/C31H34FN5O5/c1-6-36(7-2)15-14-34-29(39)27-18(3)25(35-19(27)4)17-24-23-16-21(32)10-13-26(23)37(30(24)40)31(41)42-22-11-8-20(9-12-22)28(38)33-5/h8-13,16-17,35H,6-7,14-15H2,1-5H3,(H,33,38)(H,34,39)/b24-17-. The molecule has 0 saturated heterocycles.